The predicted octanol–water partition coefficient (Wildman–Crippen LogP) is 2.65. The van der Waals surface area contributed by atoms with E-state index < -0.39 is 17.7 Å². The Morgan fingerprint density at radius 1 is 1.22 bits per heavy atom. The number of fused-ring (bicyclic) bond motifs is 1. The van der Waals surface area contributed by atoms with E-state index in [4.69, 9.17) is 10.00 Å². The summed E-state index contributed by atoms with van der Waals surface area (Å²) in [4.78, 5) is 25.7. The number of hydrogen-bond acceptors (Lipinski definition) is 9. The molecule has 0 aliphatic heterocycles. The third-order valence-corrected chi connectivity index (χ3v) is 5.35. The van der Waals surface area contributed by atoms with Gasteiger partial charge >= 0.3 is 0 Å². The first-order valence-electron chi connectivity index (χ1n) is 10.9. The number of methoxy groups -OCH3 is 1. The number of carbonyl (C=O) groups excluding carboxylic acids is 1. The standard InChI is InChI=1S/C24H23FN8O3/c1-24(2,35)20(25)11-30-23(34)16-10-27-18(7-17(16)32-21-12-29-22(36-3)13-28-21)19-5-4-15-6-14(8-26)9-31-33(15)19/h4-7,9-10,12-13,20,35H,11H2,1-3H3,(H,30,34)(H,27,28,32). The van der Waals surface area contributed by atoms with Crippen molar-refractivity contribution < 1.29 is 19.0 Å². The zero-order chi connectivity index (χ0) is 25.9. The third-order valence-electron chi connectivity index (χ3n) is 5.35. The van der Waals surface area contributed by atoms with Gasteiger partial charge in [-0.15, -0.1) is 0 Å². The smallest absolute Gasteiger partial charge is 0.255 e. The molecule has 0 aliphatic rings. The SMILES string of the molecule is COc1cnc(Nc2cc(-c3ccc4cc(C#N)cnn34)ncc2C(=O)NCC(F)C(C)(C)O)cn1. The lowest BCUT2D eigenvalue weighted by molar-refractivity contribution is -0.00177. The molecule has 0 spiro atoms. The van der Waals surface area contributed by atoms with Crippen molar-refractivity contribution in [3.63, 3.8) is 0 Å². The maximum absolute atomic E-state index is 14.2. The molecular formula is C24H23FN8O3. The van der Waals surface area contributed by atoms with E-state index in [-0.39, 0.29) is 12.1 Å². The van der Waals surface area contributed by atoms with Gasteiger partial charge in [0.2, 0.25) is 5.88 Å². The largest absolute Gasteiger partial charge is 0.480 e. The number of pyridine rings is 1. The van der Waals surface area contributed by atoms with Crippen LogP contribution in [-0.4, -0.2) is 61.0 Å². The average molecular weight is 490 g/mol. The highest BCUT2D eigenvalue weighted by Crippen LogP contribution is 2.27. The molecule has 1 amide bonds. The first-order chi connectivity index (χ1) is 17.2. The summed E-state index contributed by atoms with van der Waals surface area (Å²) in [5, 5.41) is 28.8. The summed E-state index contributed by atoms with van der Waals surface area (Å²) in [6, 6.07) is 8.97. The number of rotatable bonds is 8. The fourth-order valence-corrected chi connectivity index (χ4v) is 3.29. The molecule has 184 valence electrons. The maximum atomic E-state index is 14.2. The molecule has 12 heteroatoms. The zero-order valence-corrected chi connectivity index (χ0v) is 19.7. The Hall–Kier alpha value is -4.63. The van der Waals surface area contributed by atoms with Crippen molar-refractivity contribution in [2.45, 2.75) is 25.6 Å². The lowest BCUT2D eigenvalue weighted by Crippen LogP contribution is -2.42. The number of anilines is 2. The molecule has 3 N–H and O–H groups in total. The summed E-state index contributed by atoms with van der Waals surface area (Å²) < 4.78 is 20.9. The summed E-state index contributed by atoms with van der Waals surface area (Å²) in [6.07, 6.45) is 3.97. The number of nitriles is 1. The van der Waals surface area contributed by atoms with E-state index in [1.165, 1.54) is 45.7 Å². The number of aliphatic hydroxyl groups is 1. The topological polar surface area (TPSA) is 150 Å². The second-order valence-corrected chi connectivity index (χ2v) is 8.43. The van der Waals surface area contributed by atoms with E-state index in [2.05, 4.69) is 36.8 Å². The van der Waals surface area contributed by atoms with Crippen LogP contribution < -0.4 is 15.4 Å². The number of hydrogen-bond donors (Lipinski definition) is 3. The Bertz CT molecular complexity index is 1440. The van der Waals surface area contributed by atoms with E-state index in [1.807, 2.05) is 0 Å². The van der Waals surface area contributed by atoms with Crippen LogP contribution in [0.2, 0.25) is 0 Å². The first kappa shape index (κ1) is 24.5. The van der Waals surface area contributed by atoms with Gasteiger partial charge in [-0.05, 0) is 38.1 Å². The second-order valence-electron chi connectivity index (χ2n) is 8.43. The van der Waals surface area contributed by atoms with Gasteiger partial charge < -0.3 is 20.5 Å². The molecule has 0 aliphatic carbocycles. The van der Waals surface area contributed by atoms with Crippen molar-refractivity contribution in [1.82, 2.24) is 29.9 Å². The maximum Gasteiger partial charge on any atom is 0.255 e. The van der Waals surface area contributed by atoms with Gasteiger partial charge in [0.15, 0.2) is 0 Å². The predicted molar refractivity (Wildman–Crippen MR) is 129 cm³/mol. The van der Waals surface area contributed by atoms with Crippen molar-refractivity contribution in [2.24, 2.45) is 0 Å². The van der Waals surface area contributed by atoms with Crippen LogP contribution in [0, 0.1) is 11.3 Å². The number of carbonyl (C=O) groups is 1. The van der Waals surface area contributed by atoms with Gasteiger partial charge in [-0.2, -0.15) is 10.4 Å². The lowest BCUT2D eigenvalue weighted by atomic mass is 10.0. The van der Waals surface area contributed by atoms with E-state index in [0.717, 1.165) is 0 Å². The lowest BCUT2D eigenvalue weighted by Gasteiger charge is -2.22. The van der Waals surface area contributed by atoms with Gasteiger partial charge in [0.25, 0.3) is 5.91 Å². The second kappa shape index (κ2) is 9.93. The number of amides is 1. The van der Waals surface area contributed by atoms with Crippen LogP contribution in [0.4, 0.5) is 15.9 Å². The van der Waals surface area contributed by atoms with Crippen LogP contribution in [0.3, 0.4) is 0 Å². The van der Waals surface area contributed by atoms with Crippen LogP contribution in [0.5, 0.6) is 5.88 Å². The van der Waals surface area contributed by atoms with Crippen molar-refractivity contribution in [3.05, 3.63) is 60.2 Å². The number of aromatic nitrogens is 5. The minimum atomic E-state index is -1.67. The quantitative estimate of drug-likeness (QED) is 0.339. The molecule has 36 heavy (non-hydrogen) atoms. The molecule has 0 fully saturated rings. The Morgan fingerprint density at radius 3 is 2.69 bits per heavy atom. The molecule has 0 radical (unpaired) electrons. The van der Waals surface area contributed by atoms with E-state index in [1.54, 1.807) is 28.8 Å². The highest BCUT2D eigenvalue weighted by molar-refractivity contribution is 6.00. The van der Waals surface area contributed by atoms with Crippen LogP contribution in [0.25, 0.3) is 16.9 Å². The summed E-state index contributed by atoms with van der Waals surface area (Å²) in [5.74, 6) is 0.0531. The van der Waals surface area contributed by atoms with Crippen molar-refractivity contribution in [1.29, 1.82) is 5.26 Å². The third kappa shape index (κ3) is 5.21. The van der Waals surface area contributed by atoms with Crippen molar-refractivity contribution >= 4 is 22.9 Å². The van der Waals surface area contributed by atoms with Gasteiger partial charge in [0.05, 0.1) is 71.6 Å². The molecule has 0 saturated heterocycles. The van der Waals surface area contributed by atoms with E-state index in [9.17, 15) is 14.3 Å². The van der Waals surface area contributed by atoms with Crippen molar-refractivity contribution in [3.8, 4) is 23.3 Å². The number of ether oxygens (including phenoxy) is 1. The van der Waals surface area contributed by atoms with Gasteiger partial charge in [0.1, 0.15) is 18.1 Å². The Kier molecular flexibility index (Phi) is 6.75. The van der Waals surface area contributed by atoms with Gasteiger partial charge in [-0.25, -0.2) is 18.9 Å². The molecule has 1 atom stereocenters. The summed E-state index contributed by atoms with van der Waals surface area (Å²) in [6.45, 7) is 2.26. The molecule has 0 bridgehead atoms. The monoisotopic (exact) mass is 490 g/mol. The van der Waals surface area contributed by atoms with Gasteiger partial charge in [0, 0.05) is 6.20 Å². The zero-order valence-electron chi connectivity index (χ0n) is 19.7. The minimum Gasteiger partial charge on any atom is -0.480 e. The number of nitrogens with one attached hydrogen (secondary N) is 2. The van der Waals surface area contributed by atoms with Gasteiger partial charge in [-0.1, -0.05) is 0 Å². The molecule has 0 saturated carbocycles. The number of alkyl halides is 1. The van der Waals surface area contributed by atoms with E-state index in [0.29, 0.717) is 39.9 Å². The van der Waals surface area contributed by atoms with Gasteiger partial charge in [-0.3, -0.25) is 9.78 Å². The van der Waals surface area contributed by atoms with Crippen LogP contribution in [0.15, 0.2) is 49.1 Å². The van der Waals surface area contributed by atoms with Crippen LogP contribution in [-0.2, 0) is 0 Å². The summed E-state index contributed by atoms with van der Waals surface area (Å²) in [5.41, 5.74) is 1.07. The molecular weight excluding hydrogens is 467 g/mol. The Labute approximate surface area is 205 Å². The normalized spacial score (nSPS) is 12.1. The molecule has 0 aromatic carbocycles. The fraction of sp³-hybridized carbons (Fsp3) is 0.250. The molecule has 4 aromatic heterocycles. The average Bonchev–Trinajstić information content (AvgIpc) is 3.30. The van der Waals surface area contributed by atoms with Crippen LogP contribution >= 0.6 is 0 Å². The molecule has 1 unspecified atom stereocenters. The van der Waals surface area contributed by atoms with Crippen molar-refractivity contribution in [2.75, 3.05) is 19.0 Å². The highest BCUT2D eigenvalue weighted by atomic mass is 19.1. The molecule has 4 heterocycles. The minimum absolute atomic E-state index is 0.125. The molecule has 11 nitrogen and oxygen atoms in total. The fourth-order valence-electron chi connectivity index (χ4n) is 3.29. The Morgan fingerprint density at radius 2 is 2.03 bits per heavy atom. The summed E-state index contributed by atoms with van der Waals surface area (Å²) in [7, 11) is 1.47. The summed E-state index contributed by atoms with van der Waals surface area (Å²) >= 11 is 0. The first-order valence-corrected chi connectivity index (χ1v) is 10.9. The molecule has 4 rings (SSSR count). The Balaban J connectivity index is 1.70. The van der Waals surface area contributed by atoms with Crippen LogP contribution in [0.1, 0.15) is 29.8 Å². The highest BCUT2D eigenvalue weighted by Gasteiger charge is 2.27. The number of halogens is 1. The number of nitrogens with zero attached hydrogens (tertiary/aromatic N) is 6. The van der Waals surface area contributed by atoms with E-state index >= 15 is 0 Å². The molecule has 4 aromatic rings.